The van der Waals surface area contributed by atoms with E-state index in [-0.39, 0.29) is 12.1 Å². The number of nitriles is 1. The standard InChI is InChI=1S/C16H17N5O/c1-11(2)19-16(22)21-14-7-8-15(18-10-14)20-13-5-3-12(9-17)4-6-13/h3-8,10-11H,1-2H3,(H,18,20)(H2,19,21,22). The number of nitrogens with zero attached hydrogens (tertiary/aromatic N) is 2. The Balaban J connectivity index is 1.96. The molecule has 0 aliphatic carbocycles. The first kappa shape index (κ1) is 15.3. The molecule has 0 fully saturated rings. The molecule has 1 aromatic heterocycles. The topological polar surface area (TPSA) is 89.8 Å². The number of pyridine rings is 1. The van der Waals surface area contributed by atoms with Crippen LogP contribution in [-0.2, 0) is 0 Å². The highest BCUT2D eigenvalue weighted by Crippen LogP contribution is 2.16. The fourth-order valence-corrected chi connectivity index (χ4v) is 1.75. The highest BCUT2D eigenvalue weighted by atomic mass is 16.2. The van der Waals surface area contributed by atoms with Crippen molar-refractivity contribution in [2.45, 2.75) is 19.9 Å². The molecular weight excluding hydrogens is 278 g/mol. The van der Waals surface area contributed by atoms with Gasteiger partial charge in [-0.25, -0.2) is 9.78 Å². The summed E-state index contributed by atoms with van der Waals surface area (Å²) in [4.78, 5) is 15.8. The van der Waals surface area contributed by atoms with Gasteiger partial charge in [-0.2, -0.15) is 5.26 Å². The van der Waals surface area contributed by atoms with E-state index in [1.807, 2.05) is 26.0 Å². The third-order valence-electron chi connectivity index (χ3n) is 2.73. The maximum Gasteiger partial charge on any atom is 0.319 e. The molecule has 0 atom stereocenters. The number of carbonyl (C=O) groups excluding carboxylic acids is 1. The van der Waals surface area contributed by atoms with Gasteiger partial charge in [-0.05, 0) is 50.2 Å². The third-order valence-corrected chi connectivity index (χ3v) is 2.73. The first-order chi connectivity index (χ1) is 10.6. The van der Waals surface area contributed by atoms with E-state index in [0.717, 1.165) is 5.69 Å². The van der Waals surface area contributed by atoms with Gasteiger partial charge in [0, 0.05) is 11.7 Å². The van der Waals surface area contributed by atoms with Crippen LogP contribution in [0.15, 0.2) is 42.6 Å². The summed E-state index contributed by atoms with van der Waals surface area (Å²) in [6.45, 7) is 3.78. The van der Waals surface area contributed by atoms with E-state index in [1.165, 1.54) is 0 Å². The van der Waals surface area contributed by atoms with Crippen molar-refractivity contribution in [2.75, 3.05) is 10.6 Å². The fourth-order valence-electron chi connectivity index (χ4n) is 1.75. The monoisotopic (exact) mass is 295 g/mol. The van der Waals surface area contributed by atoms with Crippen LogP contribution < -0.4 is 16.0 Å². The number of hydrogen-bond acceptors (Lipinski definition) is 4. The number of carbonyl (C=O) groups is 1. The molecule has 0 saturated carbocycles. The van der Waals surface area contributed by atoms with Crippen LogP contribution in [-0.4, -0.2) is 17.1 Å². The summed E-state index contributed by atoms with van der Waals surface area (Å²) in [5.41, 5.74) is 2.06. The number of urea groups is 1. The number of anilines is 3. The molecule has 0 unspecified atom stereocenters. The summed E-state index contributed by atoms with van der Waals surface area (Å²) in [6, 6.07) is 12.5. The van der Waals surface area contributed by atoms with Crippen molar-refractivity contribution < 1.29 is 4.79 Å². The summed E-state index contributed by atoms with van der Waals surface area (Å²) in [6.07, 6.45) is 1.58. The van der Waals surface area contributed by atoms with Gasteiger partial charge < -0.3 is 16.0 Å². The minimum atomic E-state index is -0.260. The molecule has 0 bridgehead atoms. The van der Waals surface area contributed by atoms with Crippen LogP contribution >= 0.6 is 0 Å². The molecule has 1 heterocycles. The van der Waals surface area contributed by atoms with Crippen molar-refractivity contribution in [1.29, 1.82) is 5.26 Å². The molecule has 6 heteroatoms. The van der Waals surface area contributed by atoms with Gasteiger partial charge in [0.2, 0.25) is 0 Å². The van der Waals surface area contributed by atoms with Crippen LogP contribution in [0.25, 0.3) is 0 Å². The Hall–Kier alpha value is -3.07. The molecule has 3 N–H and O–H groups in total. The van der Waals surface area contributed by atoms with Gasteiger partial charge in [0.05, 0.1) is 23.5 Å². The number of aromatic nitrogens is 1. The Morgan fingerprint density at radius 1 is 1.14 bits per heavy atom. The van der Waals surface area contributed by atoms with Crippen molar-refractivity contribution >= 4 is 23.2 Å². The molecule has 0 radical (unpaired) electrons. The van der Waals surface area contributed by atoms with Gasteiger partial charge in [0.1, 0.15) is 5.82 Å². The lowest BCUT2D eigenvalue weighted by atomic mass is 10.2. The molecule has 112 valence electrons. The highest BCUT2D eigenvalue weighted by molar-refractivity contribution is 5.89. The minimum Gasteiger partial charge on any atom is -0.340 e. The Morgan fingerprint density at radius 3 is 2.36 bits per heavy atom. The lowest BCUT2D eigenvalue weighted by molar-refractivity contribution is 0.250. The average Bonchev–Trinajstić information content (AvgIpc) is 2.49. The maximum atomic E-state index is 11.6. The van der Waals surface area contributed by atoms with Crippen molar-refractivity contribution in [3.8, 4) is 6.07 Å². The van der Waals surface area contributed by atoms with Crippen LogP contribution in [0.3, 0.4) is 0 Å². The van der Waals surface area contributed by atoms with Crippen molar-refractivity contribution in [1.82, 2.24) is 10.3 Å². The van der Waals surface area contributed by atoms with E-state index < -0.39 is 0 Å². The summed E-state index contributed by atoms with van der Waals surface area (Å²) in [7, 11) is 0. The maximum absolute atomic E-state index is 11.6. The third kappa shape index (κ3) is 4.49. The van der Waals surface area contributed by atoms with Gasteiger partial charge in [-0.1, -0.05) is 0 Å². The van der Waals surface area contributed by atoms with Gasteiger partial charge in [-0.15, -0.1) is 0 Å². The molecular formula is C16H17N5O. The molecule has 2 amide bonds. The van der Waals surface area contributed by atoms with Gasteiger partial charge in [0.15, 0.2) is 0 Å². The molecule has 0 aliphatic rings. The molecule has 2 aromatic rings. The zero-order chi connectivity index (χ0) is 15.9. The lowest BCUT2D eigenvalue weighted by Crippen LogP contribution is -2.34. The second-order valence-corrected chi connectivity index (χ2v) is 5.00. The zero-order valence-electron chi connectivity index (χ0n) is 12.4. The number of amides is 2. The Kier molecular flexibility index (Phi) is 4.94. The van der Waals surface area contributed by atoms with Crippen molar-refractivity contribution in [3.63, 3.8) is 0 Å². The van der Waals surface area contributed by atoms with E-state index in [4.69, 9.17) is 5.26 Å². The number of rotatable bonds is 4. The smallest absolute Gasteiger partial charge is 0.319 e. The van der Waals surface area contributed by atoms with Crippen LogP contribution in [0.2, 0.25) is 0 Å². The fraction of sp³-hybridized carbons (Fsp3) is 0.188. The number of benzene rings is 1. The Morgan fingerprint density at radius 2 is 1.82 bits per heavy atom. The number of hydrogen-bond donors (Lipinski definition) is 3. The van der Waals surface area contributed by atoms with E-state index in [9.17, 15) is 4.79 Å². The Labute approximate surface area is 129 Å². The highest BCUT2D eigenvalue weighted by Gasteiger charge is 2.04. The molecule has 0 saturated heterocycles. The van der Waals surface area contributed by atoms with Crippen molar-refractivity contribution in [2.24, 2.45) is 0 Å². The van der Waals surface area contributed by atoms with Gasteiger partial charge in [0.25, 0.3) is 0 Å². The molecule has 0 spiro atoms. The first-order valence-electron chi connectivity index (χ1n) is 6.87. The average molecular weight is 295 g/mol. The van der Waals surface area contributed by atoms with Gasteiger partial charge >= 0.3 is 6.03 Å². The molecule has 6 nitrogen and oxygen atoms in total. The second-order valence-electron chi connectivity index (χ2n) is 5.00. The minimum absolute atomic E-state index is 0.0743. The Bertz CT molecular complexity index is 671. The second kappa shape index (κ2) is 7.09. The molecule has 2 rings (SSSR count). The van der Waals surface area contributed by atoms with Crippen molar-refractivity contribution in [3.05, 3.63) is 48.2 Å². The van der Waals surface area contributed by atoms with Crippen LogP contribution in [0.1, 0.15) is 19.4 Å². The molecule has 1 aromatic carbocycles. The SMILES string of the molecule is CC(C)NC(=O)Nc1ccc(Nc2ccc(C#N)cc2)nc1. The van der Waals surface area contributed by atoms with E-state index in [2.05, 4.69) is 27.0 Å². The van der Waals surface area contributed by atoms with E-state index >= 15 is 0 Å². The summed E-state index contributed by atoms with van der Waals surface area (Å²) < 4.78 is 0. The predicted octanol–water partition coefficient (Wildman–Crippen LogP) is 3.23. The van der Waals surface area contributed by atoms with E-state index in [1.54, 1.807) is 30.5 Å². The van der Waals surface area contributed by atoms with Gasteiger partial charge in [-0.3, -0.25) is 0 Å². The van der Waals surface area contributed by atoms with E-state index in [0.29, 0.717) is 17.1 Å². The van der Waals surface area contributed by atoms with Crippen LogP contribution in [0.5, 0.6) is 0 Å². The summed E-state index contributed by atoms with van der Waals surface area (Å²) in [5.74, 6) is 0.652. The molecule has 0 aliphatic heterocycles. The molecule has 22 heavy (non-hydrogen) atoms. The van der Waals surface area contributed by atoms with Crippen LogP contribution in [0.4, 0.5) is 22.0 Å². The first-order valence-corrected chi connectivity index (χ1v) is 6.87. The van der Waals surface area contributed by atoms with Crippen LogP contribution in [0, 0.1) is 11.3 Å². The summed E-state index contributed by atoms with van der Waals surface area (Å²) in [5, 5.41) is 17.3. The lowest BCUT2D eigenvalue weighted by Gasteiger charge is -2.10. The number of nitrogens with one attached hydrogen (secondary N) is 3. The quantitative estimate of drug-likeness (QED) is 0.807. The zero-order valence-corrected chi connectivity index (χ0v) is 12.4. The largest absolute Gasteiger partial charge is 0.340 e. The normalized spacial score (nSPS) is 9.91. The summed E-state index contributed by atoms with van der Waals surface area (Å²) >= 11 is 0. The predicted molar refractivity (Wildman–Crippen MR) is 86.0 cm³/mol.